The van der Waals surface area contributed by atoms with Crippen molar-refractivity contribution in [2.45, 2.75) is 26.7 Å². The third-order valence-electron chi connectivity index (χ3n) is 2.38. The minimum atomic E-state index is -2.88. The van der Waals surface area contributed by atoms with Crippen LogP contribution in [0.2, 0.25) is 0 Å². The molecule has 1 aliphatic heterocycles. The fourth-order valence-electron chi connectivity index (χ4n) is 1.52. The number of hydrogen-bond acceptors (Lipinski definition) is 2. The van der Waals surface area contributed by atoms with E-state index >= 15 is 0 Å². The first kappa shape index (κ1) is 9.99. The standard InChI is InChI=1S/C8H17NO2S/c1-3-5-8-6-9(7-8)12(10,11)4-2/h8H,3-7H2,1-2H3. The molecule has 0 radical (unpaired) electrons. The molecule has 3 nitrogen and oxygen atoms in total. The summed E-state index contributed by atoms with van der Waals surface area (Å²) in [5.74, 6) is 0.864. The number of sulfonamides is 1. The molecule has 1 fully saturated rings. The van der Waals surface area contributed by atoms with Crippen LogP contribution in [-0.4, -0.2) is 31.6 Å². The smallest absolute Gasteiger partial charge is 0.212 e. The number of rotatable bonds is 4. The molecular weight excluding hydrogens is 174 g/mol. The second-order valence-electron chi connectivity index (χ2n) is 3.37. The first-order valence-electron chi connectivity index (χ1n) is 4.58. The molecule has 0 aromatic carbocycles. The van der Waals surface area contributed by atoms with Gasteiger partial charge in [0.05, 0.1) is 5.75 Å². The van der Waals surface area contributed by atoms with E-state index in [0.717, 1.165) is 25.9 Å². The normalized spacial score (nSPS) is 20.8. The Bertz CT molecular complexity index is 229. The predicted octanol–water partition coefficient (Wildman–Crippen LogP) is 1.07. The molecule has 1 saturated heterocycles. The van der Waals surface area contributed by atoms with Gasteiger partial charge in [-0.2, -0.15) is 0 Å². The van der Waals surface area contributed by atoms with Crippen molar-refractivity contribution in [3.05, 3.63) is 0 Å². The first-order valence-corrected chi connectivity index (χ1v) is 6.19. The molecule has 0 atom stereocenters. The molecule has 0 unspecified atom stereocenters. The minimum absolute atomic E-state index is 0.242. The Labute approximate surface area is 74.8 Å². The highest BCUT2D eigenvalue weighted by Gasteiger charge is 2.33. The maximum atomic E-state index is 11.3. The van der Waals surface area contributed by atoms with Gasteiger partial charge in [-0.05, 0) is 19.3 Å². The van der Waals surface area contributed by atoms with Crippen molar-refractivity contribution >= 4 is 10.0 Å². The molecule has 0 N–H and O–H groups in total. The van der Waals surface area contributed by atoms with Crippen molar-refractivity contribution in [3.63, 3.8) is 0 Å². The Morgan fingerprint density at radius 1 is 1.33 bits per heavy atom. The van der Waals surface area contributed by atoms with Gasteiger partial charge < -0.3 is 0 Å². The van der Waals surface area contributed by atoms with Crippen LogP contribution in [0.15, 0.2) is 0 Å². The maximum Gasteiger partial charge on any atom is 0.213 e. The summed E-state index contributed by atoms with van der Waals surface area (Å²) in [4.78, 5) is 0. The van der Waals surface area contributed by atoms with Gasteiger partial charge in [0, 0.05) is 13.1 Å². The molecule has 0 bridgehead atoms. The Morgan fingerprint density at radius 3 is 2.33 bits per heavy atom. The summed E-state index contributed by atoms with van der Waals surface area (Å²) in [6.07, 6.45) is 2.32. The van der Waals surface area contributed by atoms with Crippen LogP contribution in [0.1, 0.15) is 26.7 Å². The summed E-state index contributed by atoms with van der Waals surface area (Å²) in [6.45, 7) is 5.34. The van der Waals surface area contributed by atoms with Crippen LogP contribution >= 0.6 is 0 Å². The van der Waals surface area contributed by atoms with Crippen molar-refractivity contribution in [1.82, 2.24) is 4.31 Å². The zero-order valence-corrected chi connectivity index (χ0v) is 8.60. The van der Waals surface area contributed by atoms with Crippen LogP contribution in [0.3, 0.4) is 0 Å². The zero-order valence-electron chi connectivity index (χ0n) is 7.78. The lowest BCUT2D eigenvalue weighted by molar-refractivity contribution is 0.189. The summed E-state index contributed by atoms with van der Waals surface area (Å²) in [5, 5.41) is 0. The highest BCUT2D eigenvalue weighted by molar-refractivity contribution is 7.89. The molecule has 12 heavy (non-hydrogen) atoms. The van der Waals surface area contributed by atoms with Crippen LogP contribution in [0.25, 0.3) is 0 Å². The predicted molar refractivity (Wildman–Crippen MR) is 49.4 cm³/mol. The van der Waals surface area contributed by atoms with E-state index in [0.29, 0.717) is 5.92 Å². The molecule has 0 aliphatic carbocycles. The van der Waals surface area contributed by atoms with Crippen molar-refractivity contribution in [2.24, 2.45) is 5.92 Å². The average Bonchev–Trinajstić information content (AvgIpc) is 1.95. The second-order valence-corrected chi connectivity index (χ2v) is 5.63. The Morgan fingerprint density at radius 2 is 1.92 bits per heavy atom. The summed E-state index contributed by atoms with van der Waals surface area (Å²) < 4.78 is 24.1. The van der Waals surface area contributed by atoms with Crippen molar-refractivity contribution < 1.29 is 8.42 Å². The molecule has 0 spiro atoms. The lowest BCUT2D eigenvalue weighted by atomic mass is 9.98. The molecule has 1 heterocycles. The summed E-state index contributed by atoms with van der Waals surface area (Å²) in [6, 6.07) is 0. The fourth-order valence-corrected chi connectivity index (χ4v) is 2.76. The lowest BCUT2D eigenvalue weighted by Crippen LogP contribution is -2.50. The Balaban J connectivity index is 2.34. The van der Waals surface area contributed by atoms with Crippen LogP contribution < -0.4 is 0 Å². The van der Waals surface area contributed by atoms with Gasteiger partial charge >= 0.3 is 0 Å². The molecular formula is C8H17NO2S. The molecule has 0 aromatic heterocycles. The largest absolute Gasteiger partial charge is 0.213 e. The van der Waals surface area contributed by atoms with Gasteiger partial charge in [0.15, 0.2) is 0 Å². The highest BCUT2D eigenvalue weighted by atomic mass is 32.2. The van der Waals surface area contributed by atoms with E-state index in [4.69, 9.17) is 0 Å². The van der Waals surface area contributed by atoms with Crippen LogP contribution in [-0.2, 0) is 10.0 Å². The van der Waals surface area contributed by atoms with Gasteiger partial charge in [-0.15, -0.1) is 0 Å². The van der Waals surface area contributed by atoms with Crippen molar-refractivity contribution in [3.8, 4) is 0 Å². The van der Waals surface area contributed by atoms with Crippen LogP contribution in [0, 0.1) is 5.92 Å². The van der Waals surface area contributed by atoms with E-state index in [1.54, 1.807) is 11.2 Å². The lowest BCUT2D eigenvalue weighted by Gasteiger charge is -2.37. The number of nitrogens with zero attached hydrogens (tertiary/aromatic N) is 1. The SMILES string of the molecule is CCCC1CN(S(=O)(=O)CC)C1. The van der Waals surface area contributed by atoms with Gasteiger partial charge in [-0.1, -0.05) is 13.3 Å². The second kappa shape index (κ2) is 3.75. The van der Waals surface area contributed by atoms with E-state index < -0.39 is 10.0 Å². The Kier molecular flexibility index (Phi) is 3.12. The molecule has 1 aliphatic rings. The molecule has 0 amide bonds. The Hall–Kier alpha value is -0.0900. The van der Waals surface area contributed by atoms with Crippen LogP contribution in [0.5, 0.6) is 0 Å². The zero-order chi connectivity index (χ0) is 9.19. The van der Waals surface area contributed by atoms with Gasteiger partial charge in [-0.25, -0.2) is 12.7 Å². The summed E-state index contributed by atoms with van der Waals surface area (Å²) in [7, 11) is -2.88. The molecule has 4 heteroatoms. The molecule has 0 aromatic rings. The summed E-state index contributed by atoms with van der Waals surface area (Å²) in [5.41, 5.74) is 0. The molecule has 0 saturated carbocycles. The van der Waals surface area contributed by atoms with E-state index in [1.807, 2.05) is 0 Å². The number of hydrogen-bond donors (Lipinski definition) is 0. The van der Waals surface area contributed by atoms with Gasteiger partial charge in [-0.3, -0.25) is 0 Å². The summed E-state index contributed by atoms with van der Waals surface area (Å²) >= 11 is 0. The monoisotopic (exact) mass is 191 g/mol. The van der Waals surface area contributed by atoms with Crippen LogP contribution in [0.4, 0.5) is 0 Å². The van der Waals surface area contributed by atoms with E-state index in [2.05, 4.69) is 6.92 Å². The average molecular weight is 191 g/mol. The van der Waals surface area contributed by atoms with Gasteiger partial charge in [0.2, 0.25) is 10.0 Å². The maximum absolute atomic E-state index is 11.3. The molecule has 72 valence electrons. The van der Waals surface area contributed by atoms with E-state index in [1.165, 1.54) is 0 Å². The quantitative estimate of drug-likeness (QED) is 0.666. The van der Waals surface area contributed by atoms with Crippen molar-refractivity contribution in [2.75, 3.05) is 18.8 Å². The fraction of sp³-hybridized carbons (Fsp3) is 1.00. The highest BCUT2D eigenvalue weighted by Crippen LogP contribution is 2.23. The third-order valence-corrected chi connectivity index (χ3v) is 4.19. The van der Waals surface area contributed by atoms with E-state index in [-0.39, 0.29) is 5.75 Å². The van der Waals surface area contributed by atoms with Gasteiger partial charge in [0.25, 0.3) is 0 Å². The van der Waals surface area contributed by atoms with E-state index in [9.17, 15) is 8.42 Å². The first-order chi connectivity index (χ1) is 5.60. The third kappa shape index (κ3) is 1.98. The topological polar surface area (TPSA) is 37.4 Å². The minimum Gasteiger partial charge on any atom is -0.212 e. The van der Waals surface area contributed by atoms with Gasteiger partial charge in [0.1, 0.15) is 0 Å². The van der Waals surface area contributed by atoms with Crippen molar-refractivity contribution in [1.29, 1.82) is 0 Å². The molecule has 1 rings (SSSR count).